The van der Waals surface area contributed by atoms with Gasteiger partial charge in [0.05, 0.1) is 0 Å². The molecule has 0 saturated heterocycles. The Morgan fingerprint density at radius 2 is 2.18 bits per heavy atom. The highest BCUT2D eigenvalue weighted by atomic mass is 16.2. The van der Waals surface area contributed by atoms with E-state index >= 15 is 0 Å². The average Bonchev–Trinajstić information content (AvgIpc) is 2.32. The van der Waals surface area contributed by atoms with Crippen LogP contribution in [0.2, 0.25) is 0 Å². The molecule has 1 amide bonds. The summed E-state index contributed by atoms with van der Waals surface area (Å²) in [6, 6.07) is 0. The van der Waals surface area contributed by atoms with Gasteiger partial charge in [-0.25, -0.2) is 5.84 Å². The predicted octanol–water partition coefficient (Wildman–Crippen LogP) is -1.39. The van der Waals surface area contributed by atoms with Gasteiger partial charge in [-0.3, -0.25) is 25.2 Å². The molecule has 1 aromatic rings. The second-order valence-electron chi connectivity index (χ2n) is 2.05. The maximum atomic E-state index is 10.8. The zero-order chi connectivity index (χ0) is 8.43. The fraction of sp³-hybridized carbons (Fsp3) is 0.200. The van der Waals surface area contributed by atoms with Gasteiger partial charge < -0.3 is 0 Å². The molecule has 0 atom stereocenters. The van der Waals surface area contributed by atoms with Gasteiger partial charge in [-0.05, 0) is 6.92 Å². The molecule has 6 nitrogen and oxygen atoms in total. The largest absolute Gasteiger partial charge is 0.293 e. The molecule has 1 heterocycles. The maximum Gasteiger partial charge on any atom is 0.283 e. The normalized spacial score (nSPS) is 9.64. The Balaban J connectivity index is 3.15. The summed E-state index contributed by atoms with van der Waals surface area (Å²) in [5.74, 6) is 4.33. The SMILES string of the molecule is Cc1c(C(=O)NN)[nH][nH]c1=O. The molecule has 0 aromatic carbocycles. The first-order chi connectivity index (χ1) is 5.16. The van der Waals surface area contributed by atoms with Crippen molar-refractivity contribution < 1.29 is 4.79 Å². The number of aromatic nitrogens is 2. The highest BCUT2D eigenvalue weighted by molar-refractivity contribution is 5.92. The molecular formula is C5H8N4O2. The van der Waals surface area contributed by atoms with Crippen molar-refractivity contribution in [2.45, 2.75) is 6.92 Å². The van der Waals surface area contributed by atoms with Crippen LogP contribution < -0.4 is 16.8 Å². The van der Waals surface area contributed by atoms with Crippen LogP contribution in [0.15, 0.2) is 4.79 Å². The lowest BCUT2D eigenvalue weighted by Crippen LogP contribution is -2.31. The van der Waals surface area contributed by atoms with Crippen LogP contribution in [0.1, 0.15) is 16.1 Å². The van der Waals surface area contributed by atoms with Crippen molar-refractivity contribution in [3.05, 3.63) is 21.6 Å². The van der Waals surface area contributed by atoms with Gasteiger partial charge in [0.25, 0.3) is 11.5 Å². The number of carbonyl (C=O) groups is 1. The molecule has 1 rings (SSSR count). The van der Waals surface area contributed by atoms with Gasteiger partial charge in [0.2, 0.25) is 0 Å². The van der Waals surface area contributed by atoms with E-state index in [1.165, 1.54) is 6.92 Å². The Morgan fingerprint density at radius 1 is 1.55 bits per heavy atom. The topological polar surface area (TPSA) is 104 Å². The molecule has 0 saturated carbocycles. The number of rotatable bonds is 1. The van der Waals surface area contributed by atoms with Crippen molar-refractivity contribution in [1.82, 2.24) is 15.6 Å². The van der Waals surface area contributed by atoms with Gasteiger partial charge in [-0.1, -0.05) is 0 Å². The van der Waals surface area contributed by atoms with Crippen molar-refractivity contribution in [2.75, 3.05) is 0 Å². The van der Waals surface area contributed by atoms with Crippen LogP contribution in [0.25, 0.3) is 0 Å². The first-order valence-electron chi connectivity index (χ1n) is 2.95. The summed E-state index contributed by atoms with van der Waals surface area (Å²) in [6.45, 7) is 1.53. The minimum absolute atomic E-state index is 0.164. The Hall–Kier alpha value is -1.56. The van der Waals surface area contributed by atoms with Crippen molar-refractivity contribution in [3.63, 3.8) is 0 Å². The second kappa shape index (κ2) is 2.59. The van der Waals surface area contributed by atoms with Crippen LogP contribution in [0.5, 0.6) is 0 Å². The molecule has 0 fully saturated rings. The predicted molar refractivity (Wildman–Crippen MR) is 37.8 cm³/mol. The molecule has 0 unspecified atom stereocenters. The van der Waals surface area contributed by atoms with Crippen LogP contribution in [0, 0.1) is 6.92 Å². The van der Waals surface area contributed by atoms with Gasteiger partial charge in [-0.2, -0.15) is 0 Å². The first kappa shape index (κ1) is 7.55. The molecule has 1 aromatic heterocycles. The summed E-state index contributed by atoms with van der Waals surface area (Å²) in [7, 11) is 0. The Kier molecular flexibility index (Phi) is 1.77. The number of hydrogen-bond acceptors (Lipinski definition) is 3. The first-order valence-corrected chi connectivity index (χ1v) is 2.95. The van der Waals surface area contributed by atoms with Gasteiger partial charge in [0.15, 0.2) is 0 Å². The summed E-state index contributed by atoms with van der Waals surface area (Å²) in [5.41, 5.74) is 2.08. The number of aromatic amines is 2. The van der Waals surface area contributed by atoms with Crippen LogP contribution in [-0.2, 0) is 0 Å². The molecule has 0 bridgehead atoms. The minimum Gasteiger partial charge on any atom is -0.293 e. The number of amides is 1. The van der Waals surface area contributed by atoms with E-state index in [1.807, 2.05) is 5.43 Å². The van der Waals surface area contributed by atoms with Crippen molar-refractivity contribution in [2.24, 2.45) is 5.84 Å². The van der Waals surface area contributed by atoms with Gasteiger partial charge in [0, 0.05) is 5.56 Å². The van der Waals surface area contributed by atoms with E-state index in [-0.39, 0.29) is 11.3 Å². The Bertz CT molecular complexity index is 323. The smallest absolute Gasteiger partial charge is 0.283 e. The quantitative estimate of drug-likeness (QED) is 0.229. The van der Waals surface area contributed by atoms with Crippen molar-refractivity contribution in [3.8, 4) is 0 Å². The van der Waals surface area contributed by atoms with E-state index in [9.17, 15) is 9.59 Å². The molecule has 0 aliphatic heterocycles. The third-order valence-electron chi connectivity index (χ3n) is 1.37. The summed E-state index contributed by atoms with van der Waals surface area (Å²) in [5, 5.41) is 4.65. The molecule has 11 heavy (non-hydrogen) atoms. The summed E-state index contributed by atoms with van der Waals surface area (Å²) >= 11 is 0. The fourth-order valence-corrected chi connectivity index (χ4v) is 0.720. The number of nitrogen functional groups attached to an aromatic ring is 1. The number of nitrogens with one attached hydrogen (secondary N) is 3. The highest BCUT2D eigenvalue weighted by Gasteiger charge is 2.10. The molecule has 0 aliphatic carbocycles. The molecule has 0 aliphatic rings. The number of hydrazine groups is 1. The summed E-state index contributed by atoms with van der Waals surface area (Å²) in [4.78, 5) is 21.6. The molecule has 5 N–H and O–H groups in total. The molecular weight excluding hydrogens is 148 g/mol. The van der Waals surface area contributed by atoms with E-state index in [0.29, 0.717) is 5.56 Å². The fourth-order valence-electron chi connectivity index (χ4n) is 0.720. The monoisotopic (exact) mass is 156 g/mol. The lowest BCUT2D eigenvalue weighted by Gasteiger charge is -1.93. The van der Waals surface area contributed by atoms with Gasteiger partial charge in [-0.15, -0.1) is 0 Å². The minimum atomic E-state index is -0.513. The van der Waals surface area contributed by atoms with Gasteiger partial charge >= 0.3 is 0 Å². The lowest BCUT2D eigenvalue weighted by molar-refractivity contribution is 0.0948. The zero-order valence-electron chi connectivity index (χ0n) is 5.89. The summed E-state index contributed by atoms with van der Waals surface area (Å²) < 4.78 is 0. The second-order valence-corrected chi connectivity index (χ2v) is 2.05. The van der Waals surface area contributed by atoms with Crippen LogP contribution >= 0.6 is 0 Å². The number of carbonyl (C=O) groups excluding carboxylic acids is 1. The van der Waals surface area contributed by atoms with Crippen LogP contribution in [0.4, 0.5) is 0 Å². The molecule has 0 spiro atoms. The third-order valence-corrected chi connectivity index (χ3v) is 1.37. The third kappa shape index (κ3) is 1.15. The maximum absolute atomic E-state index is 10.8. The van der Waals surface area contributed by atoms with E-state index in [4.69, 9.17) is 5.84 Å². The average molecular weight is 156 g/mol. The highest BCUT2D eigenvalue weighted by Crippen LogP contribution is 1.94. The number of nitrogens with two attached hydrogens (primary N) is 1. The van der Waals surface area contributed by atoms with E-state index in [1.54, 1.807) is 0 Å². The van der Waals surface area contributed by atoms with E-state index in [2.05, 4.69) is 10.2 Å². The van der Waals surface area contributed by atoms with Crippen LogP contribution in [0.3, 0.4) is 0 Å². The summed E-state index contributed by atoms with van der Waals surface area (Å²) in [6.07, 6.45) is 0. The molecule has 0 radical (unpaired) electrons. The standard InChI is InChI=1S/C5H8N4O2/c1-2-3(5(11)7-6)8-9-4(2)10/h6H2,1H3,(H,7,11)(H2,8,9,10). The number of H-pyrrole nitrogens is 2. The zero-order valence-corrected chi connectivity index (χ0v) is 5.89. The lowest BCUT2D eigenvalue weighted by atomic mass is 10.3. The number of hydrogen-bond donors (Lipinski definition) is 4. The van der Waals surface area contributed by atoms with Gasteiger partial charge in [0.1, 0.15) is 5.69 Å². The van der Waals surface area contributed by atoms with Crippen molar-refractivity contribution >= 4 is 5.91 Å². The molecule has 60 valence electrons. The Labute approximate surface area is 61.7 Å². The van der Waals surface area contributed by atoms with Crippen LogP contribution in [-0.4, -0.2) is 16.1 Å². The van der Waals surface area contributed by atoms with E-state index < -0.39 is 5.91 Å². The van der Waals surface area contributed by atoms with Crippen molar-refractivity contribution in [1.29, 1.82) is 0 Å². The molecule has 6 heteroatoms. The Morgan fingerprint density at radius 3 is 2.55 bits per heavy atom. The van der Waals surface area contributed by atoms with E-state index in [0.717, 1.165) is 0 Å².